The van der Waals surface area contributed by atoms with Crippen molar-refractivity contribution in [1.29, 1.82) is 0 Å². The van der Waals surface area contributed by atoms with Gasteiger partial charge < -0.3 is 10.4 Å². The quantitative estimate of drug-likeness (QED) is 0.428. The van der Waals surface area contributed by atoms with Crippen LogP contribution in [-0.4, -0.2) is 41.1 Å². The number of carbonyl (C=O) groups excluding carboxylic acids is 1. The molecule has 1 saturated heterocycles. The molecule has 2 N–H and O–H groups in total. The average Bonchev–Trinajstić information content (AvgIpc) is 2.88. The molecule has 0 aliphatic carbocycles. The van der Waals surface area contributed by atoms with Gasteiger partial charge in [0.1, 0.15) is 0 Å². The van der Waals surface area contributed by atoms with Gasteiger partial charge in [0, 0.05) is 24.7 Å². The van der Waals surface area contributed by atoms with E-state index in [4.69, 9.17) is 11.6 Å². The van der Waals surface area contributed by atoms with Crippen LogP contribution >= 0.6 is 11.6 Å². The molecule has 0 bridgehead atoms. The van der Waals surface area contributed by atoms with Crippen LogP contribution < -0.4 is 5.32 Å². The summed E-state index contributed by atoms with van der Waals surface area (Å²) >= 11 is 6.26. The highest BCUT2D eigenvalue weighted by atomic mass is 35.5. The molecule has 0 unspecified atom stereocenters. The Labute approximate surface area is 213 Å². The van der Waals surface area contributed by atoms with Gasteiger partial charge in [-0.15, -0.1) is 0 Å². The van der Waals surface area contributed by atoms with Gasteiger partial charge in [0.15, 0.2) is 0 Å². The van der Waals surface area contributed by atoms with E-state index in [2.05, 4.69) is 58.7 Å². The fraction of sp³-hybridized carbons (Fsp3) is 0.300. The Bertz CT molecular complexity index is 1090. The smallest absolute Gasteiger partial charge is 0.237 e. The summed E-state index contributed by atoms with van der Waals surface area (Å²) in [7, 11) is 0. The van der Waals surface area contributed by atoms with E-state index >= 15 is 0 Å². The second-order valence-corrected chi connectivity index (χ2v) is 9.56. The van der Waals surface area contributed by atoms with Crippen molar-refractivity contribution in [3.8, 4) is 0 Å². The van der Waals surface area contributed by atoms with Gasteiger partial charge in [-0.3, -0.25) is 9.69 Å². The summed E-state index contributed by atoms with van der Waals surface area (Å²) < 4.78 is 0. The minimum atomic E-state index is -0.563. The predicted molar refractivity (Wildman–Crippen MR) is 143 cm³/mol. The lowest BCUT2D eigenvalue weighted by molar-refractivity contribution is -0.128. The van der Waals surface area contributed by atoms with Gasteiger partial charge in [0.25, 0.3) is 0 Å². The van der Waals surface area contributed by atoms with Gasteiger partial charge in [-0.1, -0.05) is 96.0 Å². The second-order valence-electron chi connectivity index (χ2n) is 9.16. The third kappa shape index (κ3) is 6.61. The Morgan fingerprint density at radius 1 is 0.914 bits per heavy atom. The predicted octanol–water partition coefficient (Wildman–Crippen LogP) is 5.69. The SMILES string of the molecule is C[C@@H](O)C[C@H](C(=O)NCc1ccccc1Cl)N1CCC(=C(c2ccccc2)c2ccccc2)CC1. The maximum atomic E-state index is 13.2. The molecule has 35 heavy (non-hydrogen) atoms. The van der Waals surface area contributed by atoms with E-state index in [0.717, 1.165) is 31.5 Å². The number of aliphatic hydroxyl groups excluding tert-OH is 1. The molecule has 5 heteroatoms. The van der Waals surface area contributed by atoms with Gasteiger partial charge in [-0.25, -0.2) is 0 Å². The van der Waals surface area contributed by atoms with Crippen LogP contribution in [0.3, 0.4) is 0 Å². The standard InChI is InChI=1S/C30H33ClN2O2/c1-22(34)20-28(30(35)32-21-26-14-8-9-15-27(26)31)33-18-16-25(17-19-33)29(23-10-4-2-5-11-23)24-12-6-3-7-13-24/h2-15,22,28,34H,16-21H2,1H3,(H,32,35)/t22-,28-/m1/s1. The fourth-order valence-corrected chi connectivity index (χ4v) is 5.03. The molecule has 0 saturated carbocycles. The number of amides is 1. The first-order chi connectivity index (χ1) is 17.0. The molecule has 182 valence electrons. The highest BCUT2D eigenvalue weighted by molar-refractivity contribution is 6.31. The zero-order chi connectivity index (χ0) is 24.6. The highest BCUT2D eigenvalue weighted by Crippen LogP contribution is 2.33. The lowest BCUT2D eigenvalue weighted by Crippen LogP contribution is -2.50. The number of nitrogens with zero attached hydrogens (tertiary/aromatic N) is 1. The molecule has 1 heterocycles. The highest BCUT2D eigenvalue weighted by Gasteiger charge is 2.30. The van der Waals surface area contributed by atoms with Crippen LogP contribution in [0, 0.1) is 0 Å². The molecule has 1 aliphatic rings. The molecule has 0 radical (unpaired) electrons. The topological polar surface area (TPSA) is 52.6 Å². The third-order valence-electron chi connectivity index (χ3n) is 6.60. The lowest BCUT2D eigenvalue weighted by Gasteiger charge is -2.36. The van der Waals surface area contributed by atoms with Crippen LogP contribution in [0.5, 0.6) is 0 Å². The van der Waals surface area contributed by atoms with Crippen molar-refractivity contribution in [2.45, 2.75) is 44.9 Å². The van der Waals surface area contributed by atoms with E-state index in [-0.39, 0.29) is 11.9 Å². The van der Waals surface area contributed by atoms with E-state index in [1.165, 1.54) is 22.3 Å². The summed E-state index contributed by atoms with van der Waals surface area (Å²) in [5, 5.41) is 13.8. The summed E-state index contributed by atoms with van der Waals surface area (Å²) in [4.78, 5) is 15.4. The molecule has 3 aromatic carbocycles. The maximum Gasteiger partial charge on any atom is 0.237 e. The largest absolute Gasteiger partial charge is 0.393 e. The van der Waals surface area contributed by atoms with Crippen LogP contribution in [0.4, 0.5) is 0 Å². The molecule has 1 aliphatic heterocycles. The van der Waals surface area contributed by atoms with E-state index in [0.29, 0.717) is 18.0 Å². The molecular weight excluding hydrogens is 456 g/mol. The molecule has 0 aromatic heterocycles. The van der Waals surface area contributed by atoms with Crippen molar-refractivity contribution in [1.82, 2.24) is 10.2 Å². The van der Waals surface area contributed by atoms with E-state index in [1.54, 1.807) is 6.92 Å². The summed E-state index contributed by atoms with van der Waals surface area (Å²) in [5.74, 6) is -0.0652. The number of carbonyl (C=O) groups is 1. The molecule has 4 nitrogen and oxygen atoms in total. The number of benzene rings is 3. The normalized spacial score (nSPS) is 15.9. The summed E-state index contributed by atoms with van der Waals surface area (Å²) in [6.45, 7) is 3.66. The molecule has 1 fully saturated rings. The van der Waals surface area contributed by atoms with Crippen molar-refractivity contribution in [3.05, 3.63) is 112 Å². The number of hydrogen-bond acceptors (Lipinski definition) is 3. The molecule has 1 amide bonds. The van der Waals surface area contributed by atoms with Crippen molar-refractivity contribution in [2.24, 2.45) is 0 Å². The minimum absolute atomic E-state index is 0.0652. The molecule has 4 rings (SSSR count). The number of hydrogen-bond donors (Lipinski definition) is 2. The number of likely N-dealkylation sites (tertiary alicyclic amines) is 1. The van der Waals surface area contributed by atoms with Crippen molar-refractivity contribution in [3.63, 3.8) is 0 Å². The van der Waals surface area contributed by atoms with Crippen LogP contribution in [0.15, 0.2) is 90.5 Å². The Morgan fingerprint density at radius 3 is 2.00 bits per heavy atom. The first-order valence-electron chi connectivity index (χ1n) is 12.3. The zero-order valence-electron chi connectivity index (χ0n) is 20.2. The average molecular weight is 489 g/mol. The molecule has 2 atom stereocenters. The van der Waals surface area contributed by atoms with Crippen LogP contribution in [0.25, 0.3) is 5.57 Å². The van der Waals surface area contributed by atoms with E-state index in [1.807, 2.05) is 36.4 Å². The molecule has 0 spiro atoms. The maximum absolute atomic E-state index is 13.2. The third-order valence-corrected chi connectivity index (χ3v) is 6.97. The van der Waals surface area contributed by atoms with Crippen LogP contribution in [-0.2, 0) is 11.3 Å². The second kappa shape index (κ2) is 12.2. The monoisotopic (exact) mass is 488 g/mol. The van der Waals surface area contributed by atoms with Crippen molar-refractivity contribution < 1.29 is 9.90 Å². The van der Waals surface area contributed by atoms with Crippen molar-refractivity contribution in [2.75, 3.05) is 13.1 Å². The van der Waals surface area contributed by atoms with Gasteiger partial charge in [-0.05, 0) is 54.5 Å². The van der Waals surface area contributed by atoms with Crippen LogP contribution in [0.1, 0.15) is 42.9 Å². The molecular formula is C30H33ClN2O2. The van der Waals surface area contributed by atoms with Crippen LogP contribution in [0.2, 0.25) is 5.02 Å². The first kappa shape index (κ1) is 25.2. The van der Waals surface area contributed by atoms with E-state index < -0.39 is 6.10 Å². The number of halogens is 1. The summed E-state index contributed by atoms with van der Waals surface area (Å²) in [5.41, 5.74) is 6.03. The number of nitrogens with one attached hydrogen (secondary N) is 1. The Morgan fingerprint density at radius 2 is 1.46 bits per heavy atom. The van der Waals surface area contributed by atoms with Gasteiger partial charge in [-0.2, -0.15) is 0 Å². The van der Waals surface area contributed by atoms with Crippen molar-refractivity contribution >= 4 is 23.1 Å². The summed E-state index contributed by atoms with van der Waals surface area (Å²) in [6, 6.07) is 28.2. The Balaban J connectivity index is 1.51. The number of piperidine rings is 1. The lowest BCUT2D eigenvalue weighted by atomic mass is 9.88. The van der Waals surface area contributed by atoms with Gasteiger partial charge >= 0.3 is 0 Å². The Hall–Kier alpha value is -2.92. The van der Waals surface area contributed by atoms with Gasteiger partial charge in [0.05, 0.1) is 12.1 Å². The Kier molecular flexibility index (Phi) is 8.75. The zero-order valence-corrected chi connectivity index (χ0v) is 20.9. The van der Waals surface area contributed by atoms with E-state index in [9.17, 15) is 9.90 Å². The minimum Gasteiger partial charge on any atom is -0.393 e. The van der Waals surface area contributed by atoms with Gasteiger partial charge in [0.2, 0.25) is 5.91 Å². The number of rotatable bonds is 8. The summed E-state index contributed by atoms with van der Waals surface area (Å²) in [6.07, 6.45) is 1.60. The first-order valence-corrected chi connectivity index (χ1v) is 12.7. The molecule has 3 aromatic rings. The fourth-order valence-electron chi connectivity index (χ4n) is 4.83. The number of aliphatic hydroxyl groups is 1.